The van der Waals surface area contributed by atoms with Gasteiger partial charge >= 0.3 is 0 Å². The number of nitrogens with zero attached hydrogens (tertiary/aromatic N) is 2. The lowest BCUT2D eigenvalue weighted by Crippen LogP contribution is -2.49. The van der Waals surface area contributed by atoms with Gasteiger partial charge in [-0.25, -0.2) is 12.8 Å². The summed E-state index contributed by atoms with van der Waals surface area (Å²) in [5.41, 5.74) is 1.15. The highest BCUT2D eigenvalue weighted by Gasteiger charge is 2.29. The lowest BCUT2D eigenvalue weighted by molar-refractivity contribution is -0.141. The second-order valence-corrected chi connectivity index (χ2v) is 11.5. The second-order valence-electron chi connectivity index (χ2n) is 9.13. The monoisotopic (exact) mass is 539 g/mol. The number of carbonyl (C=O) groups is 2. The molecule has 198 valence electrons. The minimum Gasteiger partial charge on any atom is -0.354 e. The SMILES string of the molecule is CCC(C(=O)NCC(C)C)N(Cc1ccc(F)cc1)C(=O)CCCN(c1ccc(Cl)cc1)S(C)(=O)=O. The van der Waals surface area contributed by atoms with E-state index >= 15 is 0 Å². The van der Waals surface area contributed by atoms with Gasteiger partial charge in [-0.1, -0.05) is 44.5 Å². The fourth-order valence-electron chi connectivity index (χ4n) is 3.74. The molecule has 2 aromatic rings. The third-order valence-corrected chi connectivity index (χ3v) is 7.05. The molecule has 36 heavy (non-hydrogen) atoms. The highest BCUT2D eigenvalue weighted by molar-refractivity contribution is 7.92. The van der Waals surface area contributed by atoms with Crippen LogP contribution in [0.3, 0.4) is 0 Å². The Hall–Kier alpha value is -2.65. The van der Waals surface area contributed by atoms with E-state index in [1.165, 1.54) is 21.3 Å². The van der Waals surface area contributed by atoms with Crippen molar-refractivity contribution in [2.24, 2.45) is 5.92 Å². The largest absolute Gasteiger partial charge is 0.354 e. The second kappa shape index (κ2) is 13.6. The highest BCUT2D eigenvalue weighted by atomic mass is 35.5. The lowest BCUT2D eigenvalue weighted by Gasteiger charge is -2.31. The van der Waals surface area contributed by atoms with E-state index in [2.05, 4.69) is 5.32 Å². The first-order chi connectivity index (χ1) is 16.9. The molecule has 2 aromatic carbocycles. The number of anilines is 1. The molecule has 1 atom stereocenters. The molecule has 0 fully saturated rings. The summed E-state index contributed by atoms with van der Waals surface area (Å²) in [7, 11) is -3.59. The van der Waals surface area contributed by atoms with Crippen molar-refractivity contribution in [2.75, 3.05) is 23.7 Å². The van der Waals surface area contributed by atoms with E-state index in [1.54, 1.807) is 36.4 Å². The zero-order valence-corrected chi connectivity index (χ0v) is 22.8. The first kappa shape index (κ1) is 29.6. The van der Waals surface area contributed by atoms with Crippen LogP contribution in [0.25, 0.3) is 0 Å². The van der Waals surface area contributed by atoms with Gasteiger partial charge in [-0.3, -0.25) is 13.9 Å². The number of hydrogen-bond donors (Lipinski definition) is 1. The predicted molar refractivity (Wildman–Crippen MR) is 142 cm³/mol. The molecular formula is C26H35ClFN3O4S. The predicted octanol–water partition coefficient (Wildman–Crippen LogP) is 4.60. The number of halogens is 2. The van der Waals surface area contributed by atoms with E-state index in [4.69, 9.17) is 11.6 Å². The van der Waals surface area contributed by atoms with Gasteiger partial charge in [0.1, 0.15) is 11.9 Å². The van der Waals surface area contributed by atoms with Gasteiger partial charge < -0.3 is 10.2 Å². The van der Waals surface area contributed by atoms with Crippen LogP contribution >= 0.6 is 11.6 Å². The lowest BCUT2D eigenvalue weighted by atomic mass is 10.1. The number of hydrogen-bond acceptors (Lipinski definition) is 4. The van der Waals surface area contributed by atoms with Gasteiger partial charge in [0, 0.05) is 31.1 Å². The van der Waals surface area contributed by atoms with E-state index in [0.717, 1.165) is 6.26 Å². The Morgan fingerprint density at radius 1 is 1.06 bits per heavy atom. The van der Waals surface area contributed by atoms with E-state index < -0.39 is 16.1 Å². The van der Waals surface area contributed by atoms with Crippen LogP contribution in [-0.2, 0) is 26.2 Å². The average molecular weight is 540 g/mol. The van der Waals surface area contributed by atoms with Crippen LogP contribution in [0.2, 0.25) is 5.02 Å². The summed E-state index contributed by atoms with van der Waals surface area (Å²) < 4.78 is 39.4. The average Bonchev–Trinajstić information content (AvgIpc) is 2.81. The standard InChI is InChI=1S/C26H35ClFN3O4S/c1-5-24(26(33)29-17-19(2)3)30(18-20-8-12-22(28)13-9-20)25(32)7-6-16-31(36(4,34)35)23-14-10-21(27)11-15-23/h8-15,19,24H,5-7,16-18H2,1-4H3,(H,29,33). The summed E-state index contributed by atoms with van der Waals surface area (Å²) >= 11 is 5.92. The summed E-state index contributed by atoms with van der Waals surface area (Å²) in [6, 6.07) is 11.5. The van der Waals surface area contributed by atoms with Crippen molar-refractivity contribution in [2.45, 2.75) is 52.6 Å². The van der Waals surface area contributed by atoms with Crippen LogP contribution in [0.15, 0.2) is 48.5 Å². The molecule has 7 nitrogen and oxygen atoms in total. The summed E-state index contributed by atoms with van der Waals surface area (Å²) in [6.45, 7) is 6.51. The Morgan fingerprint density at radius 2 is 1.67 bits per heavy atom. The molecule has 2 rings (SSSR count). The van der Waals surface area contributed by atoms with Gasteiger partial charge in [-0.05, 0) is 60.7 Å². The molecule has 0 aromatic heterocycles. The molecule has 0 radical (unpaired) electrons. The van der Waals surface area contributed by atoms with Crippen molar-refractivity contribution in [1.82, 2.24) is 10.2 Å². The number of amides is 2. The van der Waals surface area contributed by atoms with Crippen LogP contribution in [0.1, 0.15) is 45.6 Å². The van der Waals surface area contributed by atoms with Gasteiger partial charge in [0.25, 0.3) is 0 Å². The Bertz CT molecular complexity index is 1110. The number of carbonyl (C=O) groups excluding carboxylic acids is 2. The fourth-order valence-corrected chi connectivity index (χ4v) is 4.83. The number of rotatable bonds is 13. The zero-order valence-electron chi connectivity index (χ0n) is 21.2. The van der Waals surface area contributed by atoms with Crippen molar-refractivity contribution in [3.05, 3.63) is 64.9 Å². The quantitative estimate of drug-likeness (QED) is 0.403. The first-order valence-corrected chi connectivity index (χ1v) is 14.2. The Kier molecular flexibility index (Phi) is 11.2. The van der Waals surface area contributed by atoms with E-state index in [-0.39, 0.29) is 49.5 Å². The van der Waals surface area contributed by atoms with Crippen LogP contribution in [0, 0.1) is 11.7 Å². The Morgan fingerprint density at radius 3 is 2.19 bits per heavy atom. The van der Waals surface area contributed by atoms with Gasteiger partial charge in [0.05, 0.1) is 11.9 Å². The molecule has 1 N–H and O–H groups in total. The summed E-state index contributed by atoms with van der Waals surface area (Å²) in [4.78, 5) is 27.8. The summed E-state index contributed by atoms with van der Waals surface area (Å²) in [6.07, 6.45) is 1.79. The van der Waals surface area contributed by atoms with Crippen molar-refractivity contribution in [1.29, 1.82) is 0 Å². The summed E-state index contributed by atoms with van der Waals surface area (Å²) in [5.74, 6) is -0.667. The molecule has 0 aliphatic rings. The van der Waals surface area contributed by atoms with Crippen LogP contribution in [0.4, 0.5) is 10.1 Å². The Labute approximate surface area is 218 Å². The maximum atomic E-state index is 13.4. The van der Waals surface area contributed by atoms with Gasteiger partial charge in [-0.15, -0.1) is 0 Å². The van der Waals surface area contributed by atoms with Gasteiger partial charge in [0.2, 0.25) is 21.8 Å². The molecular weight excluding hydrogens is 505 g/mol. The Balaban J connectivity index is 2.19. The number of nitrogens with one attached hydrogen (secondary N) is 1. The first-order valence-electron chi connectivity index (χ1n) is 12.0. The zero-order chi connectivity index (χ0) is 26.9. The molecule has 0 heterocycles. The summed E-state index contributed by atoms with van der Waals surface area (Å²) in [5, 5.41) is 3.38. The maximum absolute atomic E-state index is 13.4. The molecule has 0 bridgehead atoms. The van der Waals surface area contributed by atoms with E-state index in [9.17, 15) is 22.4 Å². The third kappa shape index (κ3) is 9.09. The maximum Gasteiger partial charge on any atom is 0.242 e. The van der Waals surface area contributed by atoms with E-state index in [1.807, 2.05) is 20.8 Å². The molecule has 0 saturated heterocycles. The van der Waals surface area contributed by atoms with Gasteiger partial charge in [-0.2, -0.15) is 0 Å². The topological polar surface area (TPSA) is 86.8 Å². The normalized spacial score (nSPS) is 12.3. The van der Waals surface area contributed by atoms with Crippen molar-refractivity contribution >= 4 is 39.1 Å². The molecule has 2 amide bonds. The fraction of sp³-hybridized carbons (Fsp3) is 0.462. The number of benzene rings is 2. The van der Waals surface area contributed by atoms with E-state index in [0.29, 0.717) is 29.2 Å². The minimum atomic E-state index is -3.59. The third-order valence-electron chi connectivity index (χ3n) is 5.60. The van der Waals surface area contributed by atoms with Crippen LogP contribution in [-0.4, -0.2) is 50.5 Å². The van der Waals surface area contributed by atoms with Crippen molar-refractivity contribution < 1.29 is 22.4 Å². The molecule has 1 unspecified atom stereocenters. The molecule has 0 aliphatic heterocycles. The molecule has 10 heteroatoms. The molecule has 0 spiro atoms. The van der Waals surface area contributed by atoms with Crippen molar-refractivity contribution in [3.63, 3.8) is 0 Å². The van der Waals surface area contributed by atoms with Crippen LogP contribution in [0.5, 0.6) is 0 Å². The number of sulfonamides is 1. The smallest absolute Gasteiger partial charge is 0.242 e. The molecule has 0 saturated carbocycles. The van der Waals surface area contributed by atoms with Crippen LogP contribution < -0.4 is 9.62 Å². The highest BCUT2D eigenvalue weighted by Crippen LogP contribution is 2.22. The minimum absolute atomic E-state index is 0.0365. The molecule has 0 aliphatic carbocycles. The van der Waals surface area contributed by atoms with Gasteiger partial charge in [0.15, 0.2) is 0 Å². The van der Waals surface area contributed by atoms with Crippen molar-refractivity contribution in [3.8, 4) is 0 Å².